The predicted molar refractivity (Wildman–Crippen MR) is 79.0 cm³/mol. The summed E-state index contributed by atoms with van der Waals surface area (Å²) in [6.07, 6.45) is 3.06. The standard InChI is InChI=1S/C16H21ClN2/c1-4-16(2,11-18)15-9-8-14(19(15)3)12-6-5-7-13(17)10-12/h5-7,10,14-15H,4,8-9H2,1-3H3. The number of rotatable bonds is 3. The van der Waals surface area contributed by atoms with Crippen LogP contribution in [0.4, 0.5) is 0 Å². The molecule has 2 nitrogen and oxygen atoms in total. The van der Waals surface area contributed by atoms with Gasteiger partial charge in [0, 0.05) is 17.1 Å². The van der Waals surface area contributed by atoms with Crippen LogP contribution in [0.2, 0.25) is 5.02 Å². The lowest BCUT2D eigenvalue weighted by molar-refractivity contribution is 0.147. The molecule has 3 atom stereocenters. The van der Waals surface area contributed by atoms with E-state index in [1.54, 1.807) is 0 Å². The first kappa shape index (κ1) is 14.4. The van der Waals surface area contributed by atoms with Gasteiger partial charge in [-0.2, -0.15) is 5.26 Å². The first-order valence-corrected chi connectivity index (χ1v) is 7.28. The van der Waals surface area contributed by atoms with E-state index in [0.717, 1.165) is 24.3 Å². The highest BCUT2D eigenvalue weighted by molar-refractivity contribution is 6.30. The van der Waals surface area contributed by atoms with Crippen molar-refractivity contribution in [3.05, 3.63) is 34.9 Å². The summed E-state index contributed by atoms with van der Waals surface area (Å²) in [5, 5.41) is 10.3. The lowest BCUT2D eigenvalue weighted by Crippen LogP contribution is -2.40. The van der Waals surface area contributed by atoms with Crippen molar-refractivity contribution >= 4 is 11.6 Å². The molecule has 1 aromatic rings. The molecule has 0 aliphatic carbocycles. The van der Waals surface area contributed by atoms with Crippen LogP contribution < -0.4 is 0 Å². The van der Waals surface area contributed by atoms with Crippen LogP contribution in [0.3, 0.4) is 0 Å². The fourth-order valence-corrected chi connectivity index (χ4v) is 3.41. The van der Waals surface area contributed by atoms with Crippen LogP contribution in [-0.2, 0) is 0 Å². The lowest BCUT2D eigenvalue weighted by atomic mass is 9.80. The van der Waals surface area contributed by atoms with Crippen LogP contribution in [0.25, 0.3) is 0 Å². The van der Waals surface area contributed by atoms with Gasteiger partial charge in [0.1, 0.15) is 0 Å². The Morgan fingerprint density at radius 3 is 2.79 bits per heavy atom. The van der Waals surface area contributed by atoms with Gasteiger partial charge in [0.2, 0.25) is 0 Å². The minimum Gasteiger partial charge on any atom is -0.295 e. The van der Waals surface area contributed by atoms with Crippen molar-refractivity contribution in [2.45, 2.75) is 45.2 Å². The second-order valence-electron chi connectivity index (χ2n) is 5.71. The van der Waals surface area contributed by atoms with Crippen molar-refractivity contribution in [2.75, 3.05) is 7.05 Å². The molecule has 3 heteroatoms. The van der Waals surface area contributed by atoms with Crippen LogP contribution in [-0.4, -0.2) is 18.0 Å². The van der Waals surface area contributed by atoms with Gasteiger partial charge in [0.15, 0.2) is 0 Å². The van der Waals surface area contributed by atoms with E-state index in [2.05, 4.69) is 37.9 Å². The van der Waals surface area contributed by atoms with Gasteiger partial charge < -0.3 is 0 Å². The molecule has 19 heavy (non-hydrogen) atoms. The molecule has 102 valence electrons. The lowest BCUT2D eigenvalue weighted by Gasteiger charge is -2.35. The van der Waals surface area contributed by atoms with Crippen molar-refractivity contribution in [3.63, 3.8) is 0 Å². The van der Waals surface area contributed by atoms with Gasteiger partial charge in [-0.3, -0.25) is 4.90 Å². The molecule has 0 saturated carbocycles. The van der Waals surface area contributed by atoms with E-state index >= 15 is 0 Å². The quantitative estimate of drug-likeness (QED) is 0.817. The molecule has 1 aliphatic rings. The fraction of sp³-hybridized carbons (Fsp3) is 0.562. The molecule has 0 aromatic heterocycles. The van der Waals surface area contributed by atoms with E-state index in [4.69, 9.17) is 11.6 Å². The molecule has 0 amide bonds. The maximum absolute atomic E-state index is 9.47. The Morgan fingerprint density at radius 2 is 2.21 bits per heavy atom. The fourth-order valence-electron chi connectivity index (χ4n) is 3.21. The first-order valence-electron chi connectivity index (χ1n) is 6.90. The largest absolute Gasteiger partial charge is 0.295 e. The zero-order valence-corrected chi connectivity index (χ0v) is 12.6. The van der Waals surface area contributed by atoms with E-state index in [1.807, 2.05) is 18.2 Å². The summed E-state index contributed by atoms with van der Waals surface area (Å²) in [6, 6.07) is 11.3. The van der Waals surface area contributed by atoms with Crippen molar-refractivity contribution in [1.29, 1.82) is 5.26 Å². The van der Waals surface area contributed by atoms with Gasteiger partial charge in [0.25, 0.3) is 0 Å². The Bertz CT molecular complexity index is 494. The van der Waals surface area contributed by atoms with E-state index in [-0.39, 0.29) is 5.41 Å². The van der Waals surface area contributed by atoms with Crippen LogP contribution in [0.5, 0.6) is 0 Å². The van der Waals surface area contributed by atoms with Crippen LogP contribution in [0, 0.1) is 16.7 Å². The number of nitrogens with zero attached hydrogens (tertiary/aromatic N) is 2. The number of hydrogen-bond acceptors (Lipinski definition) is 2. The molecule has 1 fully saturated rings. The average molecular weight is 277 g/mol. The summed E-state index contributed by atoms with van der Waals surface area (Å²) in [5.41, 5.74) is 0.996. The molecule has 0 radical (unpaired) electrons. The molecule has 1 heterocycles. The Labute approximate surface area is 121 Å². The molecule has 0 spiro atoms. The molecular weight excluding hydrogens is 256 g/mol. The van der Waals surface area contributed by atoms with E-state index in [9.17, 15) is 5.26 Å². The molecular formula is C16H21ClN2. The Kier molecular flexibility index (Phi) is 4.18. The molecule has 1 saturated heterocycles. The third-order valence-corrected chi connectivity index (χ3v) is 4.89. The summed E-state index contributed by atoms with van der Waals surface area (Å²) in [6.45, 7) is 4.18. The van der Waals surface area contributed by atoms with Crippen molar-refractivity contribution < 1.29 is 0 Å². The summed E-state index contributed by atoms with van der Waals surface area (Å²) in [7, 11) is 2.13. The van der Waals surface area contributed by atoms with E-state index in [0.29, 0.717) is 12.1 Å². The summed E-state index contributed by atoms with van der Waals surface area (Å²) in [4.78, 5) is 2.36. The summed E-state index contributed by atoms with van der Waals surface area (Å²) >= 11 is 6.08. The van der Waals surface area contributed by atoms with Crippen molar-refractivity contribution in [3.8, 4) is 6.07 Å². The topological polar surface area (TPSA) is 27.0 Å². The average Bonchev–Trinajstić information content (AvgIpc) is 2.80. The van der Waals surface area contributed by atoms with Gasteiger partial charge >= 0.3 is 0 Å². The first-order chi connectivity index (χ1) is 9.01. The number of halogens is 1. The predicted octanol–water partition coefficient (Wildman–Crippen LogP) is 4.42. The number of hydrogen-bond donors (Lipinski definition) is 0. The van der Waals surface area contributed by atoms with Gasteiger partial charge in [-0.15, -0.1) is 0 Å². The van der Waals surface area contributed by atoms with Crippen LogP contribution >= 0.6 is 11.6 Å². The summed E-state index contributed by atoms with van der Waals surface area (Å²) < 4.78 is 0. The Hall–Kier alpha value is -1.04. The second kappa shape index (κ2) is 5.53. The Morgan fingerprint density at radius 1 is 1.47 bits per heavy atom. The number of benzene rings is 1. The third kappa shape index (κ3) is 2.63. The zero-order chi connectivity index (χ0) is 14.0. The molecule has 1 aliphatic heterocycles. The summed E-state index contributed by atoms with van der Waals surface area (Å²) in [5.74, 6) is 0. The van der Waals surface area contributed by atoms with Gasteiger partial charge in [-0.25, -0.2) is 0 Å². The molecule has 0 N–H and O–H groups in total. The van der Waals surface area contributed by atoms with E-state index < -0.39 is 0 Å². The normalized spacial score (nSPS) is 26.9. The van der Waals surface area contributed by atoms with Gasteiger partial charge in [0.05, 0.1) is 11.5 Å². The third-order valence-electron chi connectivity index (χ3n) is 4.66. The molecule has 1 aromatic carbocycles. The molecule has 2 rings (SSSR count). The maximum Gasteiger partial charge on any atom is 0.0703 e. The van der Waals surface area contributed by atoms with E-state index in [1.165, 1.54) is 5.56 Å². The second-order valence-corrected chi connectivity index (χ2v) is 6.15. The van der Waals surface area contributed by atoms with Crippen molar-refractivity contribution in [1.82, 2.24) is 4.90 Å². The minimum absolute atomic E-state index is 0.262. The highest BCUT2D eigenvalue weighted by Gasteiger charge is 2.42. The minimum atomic E-state index is -0.262. The highest BCUT2D eigenvalue weighted by Crippen LogP contribution is 2.43. The van der Waals surface area contributed by atoms with Crippen LogP contribution in [0.1, 0.15) is 44.7 Å². The van der Waals surface area contributed by atoms with Crippen molar-refractivity contribution in [2.24, 2.45) is 5.41 Å². The zero-order valence-electron chi connectivity index (χ0n) is 11.9. The monoisotopic (exact) mass is 276 g/mol. The highest BCUT2D eigenvalue weighted by atomic mass is 35.5. The SMILES string of the molecule is CCC(C)(C#N)C1CCC(c2cccc(Cl)c2)N1C. The Balaban J connectivity index is 2.23. The smallest absolute Gasteiger partial charge is 0.0703 e. The number of likely N-dealkylation sites (tertiary alicyclic amines) is 1. The molecule has 0 bridgehead atoms. The maximum atomic E-state index is 9.47. The van der Waals surface area contributed by atoms with Crippen LogP contribution in [0.15, 0.2) is 24.3 Å². The van der Waals surface area contributed by atoms with Gasteiger partial charge in [-0.1, -0.05) is 30.7 Å². The van der Waals surface area contributed by atoms with Gasteiger partial charge in [-0.05, 0) is 50.9 Å². The number of nitriles is 1. The molecule has 3 unspecified atom stereocenters.